The summed E-state index contributed by atoms with van der Waals surface area (Å²) < 4.78 is 16.5. The Hall–Kier alpha value is -2.90. The topological polar surface area (TPSA) is 93.8 Å². The summed E-state index contributed by atoms with van der Waals surface area (Å²) in [4.78, 5) is 21.1. The molecule has 0 aliphatic rings. The van der Waals surface area contributed by atoms with Gasteiger partial charge in [0.2, 0.25) is 5.95 Å². The van der Waals surface area contributed by atoms with E-state index >= 15 is 0 Å². The maximum absolute atomic E-state index is 12.7. The zero-order chi connectivity index (χ0) is 22.3. The van der Waals surface area contributed by atoms with Gasteiger partial charge in [-0.3, -0.25) is 9.13 Å². The maximum atomic E-state index is 12.7. The van der Waals surface area contributed by atoms with E-state index < -0.39 is 7.14 Å². The summed E-state index contributed by atoms with van der Waals surface area (Å²) in [6.45, 7) is 3.48. The van der Waals surface area contributed by atoms with Crippen molar-refractivity contribution in [3.05, 3.63) is 63.6 Å². The predicted octanol–water partition coefficient (Wildman–Crippen LogP) is 4.16. The number of nitrogens with one attached hydrogen (secondary N) is 2. The summed E-state index contributed by atoms with van der Waals surface area (Å²) in [7, 11) is 1.02. The molecule has 2 heterocycles. The van der Waals surface area contributed by atoms with Crippen LogP contribution in [-0.2, 0) is 18.7 Å². The highest BCUT2D eigenvalue weighted by Gasteiger charge is 2.17. The smallest absolute Gasteiger partial charge is 0.328 e. The third kappa shape index (κ3) is 4.16. The van der Waals surface area contributed by atoms with Crippen molar-refractivity contribution in [1.82, 2.24) is 19.1 Å². The van der Waals surface area contributed by atoms with Crippen LogP contribution in [0, 0.1) is 0 Å². The molecule has 10 heteroatoms. The molecule has 2 N–H and O–H groups in total. The van der Waals surface area contributed by atoms with Crippen molar-refractivity contribution in [1.29, 1.82) is 0 Å². The average molecular weight is 501 g/mol. The first-order valence-corrected chi connectivity index (χ1v) is 12.9. The van der Waals surface area contributed by atoms with Gasteiger partial charge in [0, 0.05) is 31.3 Å². The van der Waals surface area contributed by atoms with Gasteiger partial charge in [0.1, 0.15) is 13.0 Å². The van der Waals surface area contributed by atoms with Crippen LogP contribution >= 0.6 is 23.1 Å². The molecule has 160 valence electrons. The highest BCUT2D eigenvalue weighted by molar-refractivity contribution is 9.10. The van der Waals surface area contributed by atoms with Crippen molar-refractivity contribution in [2.24, 2.45) is 14.1 Å². The molecule has 4 aromatic rings. The highest BCUT2D eigenvalue weighted by atomic mass is 79.9. The number of benzene rings is 2. The number of aryl methyl sites for hydroxylation is 2. The molecule has 0 atom stereocenters. The van der Waals surface area contributed by atoms with Crippen LogP contribution < -0.4 is 21.6 Å². The van der Waals surface area contributed by atoms with Crippen LogP contribution in [0.4, 0.5) is 23.1 Å². The number of hydrogen-bond donors (Lipinski definition) is 2. The number of hydrogen-bond acceptors (Lipinski definition) is 6. The van der Waals surface area contributed by atoms with Crippen molar-refractivity contribution in [3.63, 3.8) is 0 Å². The molecule has 4 rings (SSSR count). The van der Waals surface area contributed by atoms with E-state index in [-0.39, 0.29) is 5.69 Å². The molecule has 0 aliphatic carbocycles. The Morgan fingerprint density at radius 2 is 1.71 bits per heavy atom. The van der Waals surface area contributed by atoms with E-state index in [1.807, 2.05) is 42.5 Å². The van der Waals surface area contributed by atoms with Gasteiger partial charge in [-0.15, -0.1) is 0 Å². The van der Waals surface area contributed by atoms with Gasteiger partial charge in [-0.05, 0) is 59.6 Å². The number of imidazole rings is 1. The molecule has 0 bridgehead atoms. The van der Waals surface area contributed by atoms with Crippen molar-refractivity contribution in [2.45, 2.75) is 0 Å². The van der Waals surface area contributed by atoms with Gasteiger partial charge in [-0.1, -0.05) is 12.1 Å². The molecule has 2 aromatic carbocycles. The lowest BCUT2D eigenvalue weighted by Crippen LogP contribution is -2.19. The zero-order valence-electron chi connectivity index (χ0n) is 17.5. The van der Waals surface area contributed by atoms with E-state index in [9.17, 15) is 9.36 Å². The Morgan fingerprint density at radius 1 is 1.00 bits per heavy atom. The van der Waals surface area contributed by atoms with Gasteiger partial charge in [0.25, 0.3) is 0 Å². The van der Waals surface area contributed by atoms with Crippen LogP contribution in [-0.4, -0.2) is 32.4 Å². The van der Waals surface area contributed by atoms with Gasteiger partial charge in [-0.25, -0.2) is 9.78 Å². The van der Waals surface area contributed by atoms with Crippen LogP contribution in [0.25, 0.3) is 11.0 Å². The van der Waals surface area contributed by atoms with E-state index in [0.717, 1.165) is 27.7 Å². The Labute approximate surface area is 187 Å². The first-order valence-electron chi connectivity index (χ1n) is 9.52. The SMILES string of the molecule is Cn1c(=O)n(C)c2cc(Nc3ncc(Br)c(Nc4ccccc4P(C)(C)=O)n3)ccc21. The van der Waals surface area contributed by atoms with E-state index in [2.05, 4.69) is 36.5 Å². The number of aromatic nitrogens is 4. The molecular weight excluding hydrogens is 479 g/mol. The minimum atomic E-state index is -2.47. The lowest BCUT2D eigenvalue weighted by Gasteiger charge is -2.16. The standard InChI is InChI=1S/C21H22BrN6O2P/c1-27-16-10-9-13(11-17(16)28(2)21(27)29)24-20-23-12-14(22)19(26-20)25-15-7-5-6-8-18(15)31(3,4)30/h5-12H,1-4H3,(H2,23,24,25,26). The van der Waals surface area contributed by atoms with Crippen molar-refractivity contribution >= 4 is 62.6 Å². The minimum absolute atomic E-state index is 0.0821. The summed E-state index contributed by atoms with van der Waals surface area (Å²) >= 11 is 3.48. The normalized spacial score (nSPS) is 11.6. The summed E-state index contributed by atoms with van der Waals surface area (Å²) in [6.07, 6.45) is 1.65. The van der Waals surface area contributed by atoms with Crippen LogP contribution in [0.15, 0.2) is 57.9 Å². The van der Waals surface area contributed by atoms with Gasteiger partial charge >= 0.3 is 5.69 Å². The Bertz CT molecular complexity index is 1410. The Balaban J connectivity index is 1.67. The summed E-state index contributed by atoms with van der Waals surface area (Å²) in [5, 5.41) is 7.21. The minimum Gasteiger partial charge on any atom is -0.339 e. The third-order valence-electron chi connectivity index (χ3n) is 5.01. The number of halogens is 1. The fourth-order valence-electron chi connectivity index (χ4n) is 3.41. The number of anilines is 4. The second-order valence-electron chi connectivity index (χ2n) is 7.61. The second kappa shape index (κ2) is 7.98. The van der Waals surface area contributed by atoms with Crippen LogP contribution in [0.2, 0.25) is 0 Å². The fraction of sp³-hybridized carbons (Fsp3) is 0.190. The summed E-state index contributed by atoms with van der Waals surface area (Å²) in [5.74, 6) is 0.936. The first-order chi connectivity index (χ1) is 14.6. The molecule has 0 radical (unpaired) electrons. The van der Waals surface area contributed by atoms with E-state index in [4.69, 9.17) is 0 Å². The van der Waals surface area contributed by atoms with Crippen LogP contribution in [0.1, 0.15) is 0 Å². The molecule has 2 aromatic heterocycles. The molecule has 0 aliphatic heterocycles. The maximum Gasteiger partial charge on any atom is 0.328 e. The summed E-state index contributed by atoms with van der Waals surface area (Å²) in [6, 6.07) is 13.1. The quantitative estimate of drug-likeness (QED) is 0.399. The lowest BCUT2D eigenvalue weighted by molar-refractivity contribution is 0.588. The van der Waals surface area contributed by atoms with Crippen molar-refractivity contribution < 1.29 is 4.57 Å². The average Bonchev–Trinajstić information content (AvgIpc) is 2.94. The largest absolute Gasteiger partial charge is 0.339 e. The number of rotatable bonds is 5. The molecule has 0 spiro atoms. The molecular formula is C21H22BrN6O2P. The molecule has 31 heavy (non-hydrogen) atoms. The molecule has 0 saturated carbocycles. The molecule has 8 nitrogen and oxygen atoms in total. The summed E-state index contributed by atoms with van der Waals surface area (Å²) in [5.41, 5.74) is 3.07. The van der Waals surface area contributed by atoms with Crippen LogP contribution in [0.5, 0.6) is 0 Å². The van der Waals surface area contributed by atoms with Gasteiger partial charge in [0.15, 0.2) is 0 Å². The highest BCUT2D eigenvalue weighted by Crippen LogP contribution is 2.38. The molecule has 0 unspecified atom stereocenters. The van der Waals surface area contributed by atoms with Gasteiger partial charge in [-0.2, -0.15) is 4.98 Å². The Morgan fingerprint density at radius 3 is 2.45 bits per heavy atom. The number of fused-ring (bicyclic) bond motifs is 1. The van der Waals surface area contributed by atoms with Gasteiger partial charge in [0.05, 0.1) is 21.2 Å². The van der Waals surface area contributed by atoms with E-state index in [1.54, 1.807) is 42.8 Å². The second-order valence-corrected chi connectivity index (χ2v) is 11.7. The first kappa shape index (κ1) is 21.3. The van der Waals surface area contributed by atoms with Gasteiger partial charge < -0.3 is 15.2 Å². The van der Waals surface area contributed by atoms with E-state index in [1.165, 1.54) is 0 Å². The van der Waals surface area contributed by atoms with Crippen molar-refractivity contribution in [2.75, 3.05) is 24.0 Å². The fourth-order valence-corrected chi connectivity index (χ4v) is 4.85. The zero-order valence-corrected chi connectivity index (χ0v) is 20.0. The Kier molecular flexibility index (Phi) is 5.49. The lowest BCUT2D eigenvalue weighted by atomic mass is 10.2. The monoisotopic (exact) mass is 500 g/mol. The third-order valence-corrected chi connectivity index (χ3v) is 7.14. The number of nitrogens with zero attached hydrogens (tertiary/aromatic N) is 4. The molecule has 0 saturated heterocycles. The molecule has 0 amide bonds. The molecule has 0 fully saturated rings. The van der Waals surface area contributed by atoms with E-state index in [0.29, 0.717) is 16.2 Å². The number of para-hydroxylation sites is 1. The van der Waals surface area contributed by atoms with Crippen LogP contribution in [0.3, 0.4) is 0 Å². The predicted molar refractivity (Wildman–Crippen MR) is 130 cm³/mol. The van der Waals surface area contributed by atoms with Crippen molar-refractivity contribution in [3.8, 4) is 0 Å².